The lowest BCUT2D eigenvalue weighted by molar-refractivity contribution is 0.378. The molecule has 0 unspecified atom stereocenters. The largest absolute Gasteiger partial charge is 0.504 e. The molecule has 0 fully saturated rings. The van der Waals surface area contributed by atoms with Crippen LogP contribution in [0.25, 0.3) is 0 Å². The van der Waals surface area contributed by atoms with Gasteiger partial charge in [-0.3, -0.25) is 0 Å². The second-order valence-corrected chi connectivity index (χ2v) is 2.80. The van der Waals surface area contributed by atoms with E-state index in [4.69, 9.17) is 10.2 Å². The predicted molar refractivity (Wildman–Crippen MR) is 47.4 cm³/mol. The normalized spacial score (nSPS) is 10.3. The zero-order valence-electron chi connectivity index (χ0n) is 7.34. The highest BCUT2D eigenvalue weighted by atomic mass is 19.1. The lowest BCUT2D eigenvalue weighted by Crippen LogP contribution is -2.10. The summed E-state index contributed by atoms with van der Waals surface area (Å²) >= 11 is 0. The molecule has 72 valence electrons. The number of rotatable bonds is 3. The molecule has 3 N–H and O–H groups in total. The van der Waals surface area contributed by atoms with Gasteiger partial charge in [-0.25, -0.2) is 4.39 Å². The summed E-state index contributed by atoms with van der Waals surface area (Å²) in [4.78, 5) is 0. The average Bonchev–Trinajstić information content (AvgIpc) is 2.10. The fourth-order valence-electron chi connectivity index (χ4n) is 1.05. The van der Waals surface area contributed by atoms with Crippen molar-refractivity contribution in [1.82, 2.24) is 5.32 Å². The van der Waals surface area contributed by atoms with Crippen LogP contribution < -0.4 is 5.32 Å². The number of phenols is 2. The van der Waals surface area contributed by atoms with E-state index in [-0.39, 0.29) is 0 Å². The summed E-state index contributed by atoms with van der Waals surface area (Å²) in [5, 5.41) is 20.9. The molecule has 0 radical (unpaired) electrons. The van der Waals surface area contributed by atoms with Gasteiger partial charge in [0, 0.05) is 0 Å². The smallest absolute Gasteiger partial charge is 0.194 e. The van der Waals surface area contributed by atoms with Crippen LogP contribution in [-0.2, 0) is 6.42 Å². The third-order valence-electron chi connectivity index (χ3n) is 1.77. The SMILES string of the molecule is CNCCc1cc(O)c(O)c(F)c1. The maximum Gasteiger partial charge on any atom is 0.194 e. The first-order chi connectivity index (χ1) is 6.15. The van der Waals surface area contributed by atoms with E-state index in [2.05, 4.69) is 5.32 Å². The Morgan fingerprint density at radius 3 is 2.62 bits per heavy atom. The first-order valence-electron chi connectivity index (χ1n) is 4.00. The molecule has 4 heteroatoms. The monoisotopic (exact) mass is 185 g/mol. The molecule has 0 aliphatic rings. The highest BCUT2D eigenvalue weighted by Crippen LogP contribution is 2.28. The van der Waals surface area contributed by atoms with E-state index in [0.717, 1.165) is 0 Å². The first-order valence-corrected chi connectivity index (χ1v) is 4.00. The molecule has 0 aromatic heterocycles. The fraction of sp³-hybridized carbons (Fsp3) is 0.333. The van der Waals surface area contributed by atoms with Crippen molar-refractivity contribution >= 4 is 0 Å². The van der Waals surface area contributed by atoms with Crippen LogP contribution in [0.4, 0.5) is 4.39 Å². The number of likely N-dealkylation sites (N-methyl/N-ethyl adjacent to an activating group) is 1. The van der Waals surface area contributed by atoms with Gasteiger partial charge in [-0.2, -0.15) is 0 Å². The van der Waals surface area contributed by atoms with E-state index in [0.29, 0.717) is 18.5 Å². The van der Waals surface area contributed by atoms with Crippen LogP contribution in [0, 0.1) is 5.82 Å². The molecule has 0 aliphatic heterocycles. The quantitative estimate of drug-likeness (QED) is 0.616. The Morgan fingerprint density at radius 2 is 2.08 bits per heavy atom. The summed E-state index contributed by atoms with van der Waals surface area (Å²) in [6.07, 6.45) is 0.612. The van der Waals surface area contributed by atoms with E-state index in [1.54, 1.807) is 7.05 Å². The molecule has 1 rings (SSSR count). The Balaban J connectivity index is 2.86. The van der Waals surface area contributed by atoms with Gasteiger partial charge in [0.15, 0.2) is 17.3 Å². The molecular formula is C9H12FNO2. The molecule has 13 heavy (non-hydrogen) atoms. The number of nitrogens with one attached hydrogen (secondary N) is 1. The van der Waals surface area contributed by atoms with Crippen molar-refractivity contribution in [2.75, 3.05) is 13.6 Å². The first kappa shape index (κ1) is 9.80. The van der Waals surface area contributed by atoms with Gasteiger partial charge >= 0.3 is 0 Å². The third-order valence-corrected chi connectivity index (χ3v) is 1.77. The number of halogens is 1. The molecule has 0 atom stereocenters. The maximum atomic E-state index is 12.8. The Labute approximate surface area is 75.8 Å². The topological polar surface area (TPSA) is 52.5 Å². The van der Waals surface area contributed by atoms with Crippen molar-refractivity contribution < 1.29 is 14.6 Å². The van der Waals surface area contributed by atoms with Crippen LogP contribution in [0.2, 0.25) is 0 Å². The van der Waals surface area contributed by atoms with Crippen LogP contribution in [0.3, 0.4) is 0 Å². The molecular weight excluding hydrogens is 173 g/mol. The third kappa shape index (κ3) is 2.32. The molecule has 0 spiro atoms. The second-order valence-electron chi connectivity index (χ2n) is 2.80. The van der Waals surface area contributed by atoms with Gasteiger partial charge in [0.05, 0.1) is 0 Å². The molecule has 0 heterocycles. The Bertz CT molecular complexity index is 279. The van der Waals surface area contributed by atoms with Gasteiger partial charge in [-0.15, -0.1) is 0 Å². The minimum absolute atomic E-state index is 0.411. The van der Waals surface area contributed by atoms with E-state index in [1.165, 1.54) is 12.1 Å². The van der Waals surface area contributed by atoms with Crippen LogP contribution in [-0.4, -0.2) is 23.8 Å². The van der Waals surface area contributed by atoms with Gasteiger partial charge < -0.3 is 15.5 Å². The van der Waals surface area contributed by atoms with Crippen molar-refractivity contribution in [1.29, 1.82) is 0 Å². The highest BCUT2D eigenvalue weighted by Gasteiger charge is 2.07. The van der Waals surface area contributed by atoms with Crippen LogP contribution >= 0.6 is 0 Å². The zero-order chi connectivity index (χ0) is 9.84. The lowest BCUT2D eigenvalue weighted by Gasteiger charge is -2.04. The Hall–Kier alpha value is -1.29. The number of phenolic OH excluding ortho intramolecular Hbond substituents is 2. The van der Waals surface area contributed by atoms with Gasteiger partial charge in [-0.05, 0) is 37.7 Å². The molecule has 0 bridgehead atoms. The summed E-state index contributed by atoms with van der Waals surface area (Å²) in [5.74, 6) is -1.88. The maximum absolute atomic E-state index is 12.8. The Kier molecular flexibility index (Phi) is 3.08. The molecule has 0 saturated carbocycles. The molecule has 0 amide bonds. The number of benzene rings is 1. The van der Waals surface area contributed by atoms with Crippen LogP contribution in [0.15, 0.2) is 12.1 Å². The predicted octanol–water partition coefficient (Wildman–Crippen LogP) is 0.999. The molecule has 0 aliphatic carbocycles. The van der Waals surface area contributed by atoms with Gasteiger partial charge in [0.2, 0.25) is 0 Å². The standard InChI is InChI=1S/C9H12FNO2/c1-11-3-2-6-4-7(10)9(13)8(12)5-6/h4-5,11-13H,2-3H2,1H3. The van der Waals surface area contributed by atoms with Gasteiger partial charge in [0.25, 0.3) is 0 Å². The number of hydrogen-bond donors (Lipinski definition) is 3. The summed E-state index contributed by atoms with van der Waals surface area (Å²) in [6, 6.07) is 2.57. The number of aromatic hydroxyl groups is 2. The molecule has 1 aromatic carbocycles. The van der Waals surface area contributed by atoms with E-state index >= 15 is 0 Å². The summed E-state index contributed by atoms with van der Waals surface area (Å²) in [7, 11) is 1.79. The van der Waals surface area contributed by atoms with Crippen LogP contribution in [0.5, 0.6) is 11.5 Å². The van der Waals surface area contributed by atoms with Crippen molar-refractivity contribution in [2.45, 2.75) is 6.42 Å². The van der Waals surface area contributed by atoms with Gasteiger partial charge in [0.1, 0.15) is 0 Å². The average molecular weight is 185 g/mol. The fourth-order valence-corrected chi connectivity index (χ4v) is 1.05. The molecule has 3 nitrogen and oxygen atoms in total. The minimum Gasteiger partial charge on any atom is -0.504 e. The van der Waals surface area contributed by atoms with Crippen molar-refractivity contribution in [3.63, 3.8) is 0 Å². The van der Waals surface area contributed by atoms with Gasteiger partial charge in [-0.1, -0.05) is 0 Å². The van der Waals surface area contributed by atoms with Crippen LogP contribution in [0.1, 0.15) is 5.56 Å². The van der Waals surface area contributed by atoms with E-state index in [9.17, 15) is 4.39 Å². The summed E-state index contributed by atoms with van der Waals surface area (Å²) < 4.78 is 12.8. The van der Waals surface area contributed by atoms with E-state index < -0.39 is 17.3 Å². The molecule has 0 saturated heterocycles. The van der Waals surface area contributed by atoms with E-state index in [1.807, 2.05) is 0 Å². The Morgan fingerprint density at radius 1 is 1.38 bits per heavy atom. The lowest BCUT2D eigenvalue weighted by atomic mass is 10.1. The second kappa shape index (κ2) is 4.09. The minimum atomic E-state index is -0.786. The summed E-state index contributed by atoms with van der Waals surface area (Å²) in [5.41, 5.74) is 0.655. The number of hydrogen-bond acceptors (Lipinski definition) is 3. The van der Waals surface area contributed by atoms with Crippen molar-refractivity contribution in [3.8, 4) is 11.5 Å². The van der Waals surface area contributed by atoms with Crippen molar-refractivity contribution in [3.05, 3.63) is 23.5 Å². The van der Waals surface area contributed by atoms with Crippen molar-refractivity contribution in [2.24, 2.45) is 0 Å². The highest BCUT2D eigenvalue weighted by molar-refractivity contribution is 5.41. The molecule has 1 aromatic rings. The summed E-state index contributed by atoms with van der Waals surface area (Å²) in [6.45, 7) is 0.698. The zero-order valence-corrected chi connectivity index (χ0v) is 7.34.